The second-order valence-electron chi connectivity index (χ2n) is 4.12. The molecule has 1 saturated heterocycles. The summed E-state index contributed by atoms with van der Waals surface area (Å²) in [7, 11) is 0. The van der Waals surface area contributed by atoms with Crippen LogP contribution in [0.2, 0.25) is 10.0 Å². The van der Waals surface area contributed by atoms with Crippen LogP contribution in [0.15, 0.2) is 12.1 Å². The number of hydrogen-bond donors (Lipinski definition) is 2. The number of nitrogens with one attached hydrogen (secondary N) is 1. The third-order valence-electron chi connectivity index (χ3n) is 2.75. The third kappa shape index (κ3) is 2.90. The average molecular weight is 307 g/mol. The minimum absolute atomic E-state index is 0.143. The van der Waals surface area contributed by atoms with E-state index >= 15 is 0 Å². The summed E-state index contributed by atoms with van der Waals surface area (Å²) in [6, 6.07) is 1.99. The fourth-order valence-electron chi connectivity index (χ4n) is 1.63. The Morgan fingerprint density at radius 1 is 1.32 bits per heavy atom. The molecule has 0 saturated carbocycles. The summed E-state index contributed by atoms with van der Waals surface area (Å²) in [5.41, 5.74) is 0.250. The summed E-state index contributed by atoms with van der Waals surface area (Å²) >= 11 is 11.2. The first-order valence-corrected chi connectivity index (χ1v) is 6.07. The van der Waals surface area contributed by atoms with Crippen molar-refractivity contribution < 1.29 is 19.1 Å². The molecule has 102 valence electrons. The number of nitrogens with zero attached hydrogens (tertiary/aromatic N) is 1. The molecule has 1 heterocycles. The summed E-state index contributed by atoms with van der Waals surface area (Å²) in [6.07, 6.45) is 0. The normalized spacial score (nSPS) is 15.0. The summed E-state index contributed by atoms with van der Waals surface area (Å²) in [5, 5.41) is 10.8. The van der Waals surface area contributed by atoms with Gasteiger partial charge in [-0.15, -0.1) is 0 Å². The lowest BCUT2D eigenvalue weighted by Crippen LogP contribution is -2.54. The van der Waals surface area contributed by atoms with E-state index in [0.717, 1.165) is 0 Å². The molecule has 5 nitrogen and oxygen atoms in total. The van der Waals surface area contributed by atoms with E-state index in [1.807, 2.05) is 0 Å². The van der Waals surface area contributed by atoms with Crippen molar-refractivity contribution in [1.29, 1.82) is 0 Å². The number of benzene rings is 1. The molecule has 0 bridgehead atoms. The van der Waals surface area contributed by atoms with Gasteiger partial charge >= 0.3 is 12.0 Å². The van der Waals surface area contributed by atoms with Crippen molar-refractivity contribution in [2.45, 2.75) is 0 Å². The zero-order valence-corrected chi connectivity index (χ0v) is 11.0. The standard InChI is InChI=1S/C11H9Cl2FN2O3/c12-7-1-6(2-8(13)9(7)14)15-11(19)16-3-5(4-16)10(17)18/h1-2,5H,3-4H2,(H,15,19)(H,17,18). The van der Waals surface area contributed by atoms with Gasteiger partial charge in [-0.25, -0.2) is 9.18 Å². The number of aliphatic carboxylic acids is 1. The highest BCUT2D eigenvalue weighted by atomic mass is 35.5. The minimum atomic E-state index is -0.933. The van der Waals surface area contributed by atoms with Crippen LogP contribution in [0.5, 0.6) is 0 Å². The summed E-state index contributed by atoms with van der Waals surface area (Å²) in [5.74, 6) is -2.22. The fourth-order valence-corrected chi connectivity index (χ4v) is 2.12. The van der Waals surface area contributed by atoms with E-state index in [4.69, 9.17) is 28.3 Å². The van der Waals surface area contributed by atoms with E-state index in [2.05, 4.69) is 5.32 Å². The smallest absolute Gasteiger partial charge is 0.321 e. The van der Waals surface area contributed by atoms with E-state index < -0.39 is 23.7 Å². The largest absolute Gasteiger partial charge is 0.481 e. The molecule has 0 spiro atoms. The van der Waals surface area contributed by atoms with Gasteiger partial charge in [0.25, 0.3) is 0 Å². The number of hydrogen-bond acceptors (Lipinski definition) is 2. The molecule has 8 heteroatoms. The first-order valence-electron chi connectivity index (χ1n) is 5.31. The van der Waals surface area contributed by atoms with Crippen LogP contribution < -0.4 is 5.32 Å². The van der Waals surface area contributed by atoms with Crippen molar-refractivity contribution in [3.8, 4) is 0 Å². The van der Waals surface area contributed by atoms with Crippen LogP contribution in [-0.4, -0.2) is 35.1 Å². The first-order chi connectivity index (χ1) is 8.88. The van der Waals surface area contributed by atoms with Gasteiger partial charge in [0.15, 0.2) is 5.82 Å². The monoisotopic (exact) mass is 306 g/mol. The predicted molar refractivity (Wildman–Crippen MR) is 68.1 cm³/mol. The van der Waals surface area contributed by atoms with Gasteiger partial charge in [-0.05, 0) is 12.1 Å². The molecule has 2 N–H and O–H groups in total. The summed E-state index contributed by atoms with van der Waals surface area (Å²) in [6.45, 7) is 0.285. The second kappa shape index (κ2) is 5.22. The molecule has 1 fully saturated rings. The van der Waals surface area contributed by atoms with E-state index in [-0.39, 0.29) is 28.8 Å². The molecule has 0 aliphatic carbocycles. The molecular formula is C11H9Cl2FN2O3. The Balaban J connectivity index is 1.99. The van der Waals surface area contributed by atoms with Crippen LogP contribution in [0.4, 0.5) is 14.9 Å². The topological polar surface area (TPSA) is 69.6 Å². The minimum Gasteiger partial charge on any atom is -0.481 e. The van der Waals surface area contributed by atoms with Crippen molar-refractivity contribution in [2.75, 3.05) is 18.4 Å². The van der Waals surface area contributed by atoms with Gasteiger partial charge in [-0.1, -0.05) is 23.2 Å². The van der Waals surface area contributed by atoms with Crippen LogP contribution in [0.3, 0.4) is 0 Å². The lowest BCUT2D eigenvalue weighted by molar-refractivity contribution is -0.145. The van der Waals surface area contributed by atoms with Crippen LogP contribution in [0.25, 0.3) is 0 Å². The molecule has 0 unspecified atom stereocenters. The van der Waals surface area contributed by atoms with Crippen molar-refractivity contribution in [1.82, 2.24) is 4.90 Å². The molecule has 2 amide bonds. The quantitative estimate of drug-likeness (QED) is 0.825. The molecule has 2 rings (SSSR count). The number of halogens is 3. The maximum absolute atomic E-state index is 13.2. The SMILES string of the molecule is O=C(O)C1CN(C(=O)Nc2cc(Cl)c(F)c(Cl)c2)C1. The van der Waals surface area contributed by atoms with Crippen LogP contribution >= 0.6 is 23.2 Å². The van der Waals surface area contributed by atoms with E-state index in [1.54, 1.807) is 0 Å². The predicted octanol–water partition coefficient (Wildman–Crippen LogP) is 2.68. The highest BCUT2D eigenvalue weighted by Gasteiger charge is 2.35. The molecule has 1 aliphatic rings. The van der Waals surface area contributed by atoms with Crippen molar-refractivity contribution in [3.63, 3.8) is 0 Å². The molecule has 1 aliphatic heterocycles. The molecule has 19 heavy (non-hydrogen) atoms. The first kappa shape index (κ1) is 13.9. The average Bonchev–Trinajstić information content (AvgIpc) is 2.22. The lowest BCUT2D eigenvalue weighted by atomic mass is 10.0. The van der Waals surface area contributed by atoms with Crippen LogP contribution in [0.1, 0.15) is 0 Å². The van der Waals surface area contributed by atoms with Gasteiger partial charge in [-0.2, -0.15) is 0 Å². The molecule has 1 aromatic carbocycles. The van der Waals surface area contributed by atoms with Gasteiger partial charge in [0.05, 0.1) is 16.0 Å². The number of rotatable bonds is 2. The van der Waals surface area contributed by atoms with Gasteiger partial charge in [-0.3, -0.25) is 4.79 Å². The number of carboxylic acid groups (broad SMARTS) is 1. The number of likely N-dealkylation sites (tertiary alicyclic amines) is 1. The van der Waals surface area contributed by atoms with Gasteiger partial charge in [0.1, 0.15) is 0 Å². The Morgan fingerprint density at radius 3 is 2.32 bits per heavy atom. The number of amides is 2. The highest BCUT2D eigenvalue weighted by Crippen LogP contribution is 2.28. The van der Waals surface area contributed by atoms with Crippen LogP contribution in [0, 0.1) is 11.7 Å². The zero-order chi connectivity index (χ0) is 14.2. The van der Waals surface area contributed by atoms with Crippen LogP contribution in [-0.2, 0) is 4.79 Å². The summed E-state index contributed by atoms with van der Waals surface area (Å²) in [4.78, 5) is 23.6. The maximum Gasteiger partial charge on any atom is 0.321 e. The summed E-state index contributed by atoms with van der Waals surface area (Å²) < 4.78 is 13.2. The Labute approximate surface area is 117 Å². The Kier molecular flexibility index (Phi) is 3.82. The van der Waals surface area contributed by atoms with E-state index in [1.165, 1.54) is 17.0 Å². The Morgan fingerprint density at radius 2 is 1.84 bits per heavy atom. The number of carbonyl (C=O) groups excluding carboxylic acids is 1. The molecule has 0 atom stereocenters. The van der Waals surface area contributed by atoms with Gasteiger partial charge in [0, 0.05) is 18.8 Å². The van der Waals surface area contributed by atoms with Gasteiger partial charge in [0.2, 0.25) is 0 Å². The second-order valence-corrected chi connectivity index (χ2v) is 4.94. The number of anilines is 1. The van der Waals surface area contributed by atoms with Crippen molar-refractivity contribution in [3.05, 3.63) is 28.0 Å². The molecular weight excluding hydrogens is 298 g/mol. The third-order valence-corrected chi connectivity index (χ3v) is 3.30. The molecule has 0 radical (unpaired) electrons. The molecule has 0 aromatic heterocycles. The fraction of sp³-hybridized carbons (Fsp3) is 0.273. The molecule has 1 aromatic rings. The number of carbonyl (C=O) groups is 2. The maximum atomic E-state index is 13.2. The Bertz CT molecular complexity index is 524. The number of urea groups is 1. The van der Waals surface area contributed by atoms with Gasteiger partial charge < -0.3 is 15.3 Å². The van der Waals surface area contributed by atoms with E-state index in [0.29, 0.717) is 0 Å². The lowest BCUT2D eigenvalue weighted by Gasteiger charge is -2.36. The Hall–Kier alpha value is -1.53. The van der Waals surface area contributed by atoms with E-state index in [9.17, 15) is 14.0 Å². The zero-order valence-electron chi connectivity index (χ0n) is 9.49. The van der Waals surface area contributed by atoms with Crippen molar-refractivity contribution in [2.24, 2.45) is 5.92 Å². The number of carboxylic acids is 1. The highest BCUT2D eigenvalue weighted by molar-refractivity contribution is 6.35. The van der Waals surface area contributed by atoms with Crippen molar-refractivity contribution >= 4 is 40.9 Å².